The van der Waals surface area contributed by atoms with Crippen molar-refractivity contribution in [3.05, 3.63) is 41.6 Å². The van der Waals surface area contributed by atoms with Gasteiger partial charge in [-0.1, -0.05) is 6.92 Å². The summed E-state index contributed by atoms with van der Waals surface area (Å²) in [5.41, 5.74) is 1.17. The highest BCUT2D eigenvalue weighted by atomic mass is 16.3. The summed E-state index contributed by atoms with van der Waals surface area (Å²) in [7, 11) is 0. The summed E-state index contributed by atoms with van der Waals surface area (Å²) in [5.74, 6) is 3.62. The summed E-state index contributed by atoms with van der Waals surface area (Å²) in [6.07, 6.45) is 8.54. The van der Waals surface area contributed by atoms with Crippen molar-refractivity contribution in [1.82, 2.24) is 14.7 Å². The van der Waals surface area contributed by atoms with E-state index in [0.717, 1.165) is 43.4 Å². The van der Waals surface area contributed by atoms with Crippen LogP contribution in [0.4, 0.5) is 0 Å². The Bertz CT molecular complexity index is 748. The fraction of sp³-hybridized carbons (Fsp3) is 0.600. The Morgan fingerprint density at radius 2 is 2.24 bits per heavy atom. The number of aromatic nitrogens is 2. The van der Waals surface area contributed by atoms with Crippen LogP contribution in [-0.2, 0) is 11.2 Å². The second kappa shape index (κ2) is 6.70. The van der Waals surface area contributed by atoms with E-state index in [9.17, 15) is 4.79 Å². The molecular formula is C20H27N3O2. The molecule has 134 valence electrons. The van der Waals surface area contributed by atoms with Gasteiger partial charge in [0.2, 0.25) is 5.91 Å². The molecule has 25 heavy (non-hydrogen) atoms. The van der Waals surface area contributed by atoms with Crippen LogP contribution < -0.4 is 0 Å². The molecule has 2 aliphatic rings. The molecule has 0 N–H and O–H groups in total. The quantitative estimate of drug-likeness (QED) is 0.833. The van der Waals surface area contributed by atoms with Gasteiger partial charge in [-0.05, 0) is 49.8 Å². The number of piperidine rings is 1. The van der Waals surface area contributed by atoms with Crippen molar-refractivity contribution in [2.45, 2.75) is 57.9 Å². The van der Waals surface area contributed by atoms with E-state index < -0.39 is 0 Å². The highest BCUT2D eigenvalue weighted by Crippen LogP contribution is 2.47. The average Bonchev–Trinajstić information content (AvgIpc) is 3.02. The van der Waals surface area contributed by atoms with E-state index in [1.54, 1.807) is 0 Å². The molecule has 2 fully saturated rings. The minimum atomic E-state index is 0.228. The highest BCUT2D eigenvalue weighted by Gasteiger charge is 2.36. The maximum Gasteiger partial charge on any atom is 0.223 e. The molecule has 5 nitrogen and oxygen atoms in total. The van der Waals surface area contributed by atoms with Gasteiger partial charge < -0.3 is 9.32 Å². The zero-order valence-corrected chi connectivity index (χ0v) is 15.1. The van der Waals surface area contributed by atoms with Crippen LogP contribution >= 0.6 is 0 Å². The Labute approximate surface area is 149 Å². The van der Waals surface area contributed by atoms with Gasteiger partial charge in [-0.15, -0.1) is 0 Å². The van der Waals surface area contributed by atoms with Crippen LogP contribution in [0.25, 0.3) is 0 Å². The third-order valence-corrected chi connectivity index (χ3v) is 5.60. The van der Waals surface area contributed by atoms with Crippen molar-refractivity contribution < 1.29 is 9.21 Å². The van der Waals surface area contributed by atoms with E-state index in [2.05, 4.69) is 31.2 Å². The third-order valence-electron chi connectivity index (χ3n) is 5.60. The first kappa shape index (κ1) is 16.4. The van der Waals surface area contributed by atoms with Crippen molar-refractivity contribution in [2.75, 3.05) is 13.1 Å². The number of aryl methyl sites for hydroxylation is 2. The molecule has 5 heteroatoms. The largest absolute Gasteiger partial charge is 0.466 e. The Kier molecular flexibility index (Phi) is 4.40. The van der Waals surface area contributed by atoms with Crippen LogP contribution in [0.5, 0.6) is 0 Å². The van der Waals surface area contributed by atoms with Crippen molar-refractivity contribution in [2.24, 2.45) is 5.92 Å². The summed E-state index contributed by atoms with van der Waals surface area (Å²) in [4.78, 5) is 14.6. The van der Waals surface area contributed by atoms with Crippen molar-refractivity contribution in [3.63, 3.8) is 0 Å². The number of likely N-dealkylation sites (tertiary alicyclic amines) is 1. The zero-order valence-electron chi connectivity index (χ0n) is 15.1. The smallest absolute Gasteiger partial charge is 0.223 e. The van der Waals surface area contributed by atoms with Gasteiger partial charge in [0.15, 0.2) is 0 Å². The fourth-order valence-electron chi connectivity index (χ4n) is 3.86. The minimum Gasteiger partial charge on any atom is -0.466 e. The van der Waals surface area contributed by atoms with Gasteiger partial charge in [-0.25, -0.2) is 0 Å². The fourth-order valence-corrected chi connectivity index (χ4v) is 3.86. The zero-order chi connectivity index (χ0) is 17.4. The van der Waals surface area contributed by atoms with Crippen LogP contribution in [-0.4, -0.2) is 33.7 Å². The second-order valence-electron chi connectivity index (χ2n) is 7.76. The van der Waals surface area contributed by atoms with E-state index in [0.29, 0.717) is 24.8 Å². The van der Waals surface area contributed by atoms with E-state index >= 15 is 0 Å². The average molecular weight is 341 g/mol. The molecule has 1 saturated heterocycles. The molecule has 2 aromatic rings. The van der Waals surface area contributed by atoms with Gasteiger partial charge in [0.1, 0.15) is 11.5 Å². The maximum atomic E-state index is 12.6. The van der Waals surface area contributed by atoms with Gasteiger partial charge in [0.25, 0.3) is 0 Å². The lowest BCUT2D eigenvalue weighted by Crippen LogP contribution is -2.40. The normalized spacial score (nSPS) is 26.0. The number of carbonyl (C=O) groups is 1. The summed E-state index contributed by atoms with van der Waals surface area (Å²) >= 11 is 0. The Morgan fingerprint density at radius 3 is 2.96 bits per heavy atom. The summed E-state index contributed by atoms with van der Waals surface area (Å²) in [6, 6.07) is 4.43. The monoisotopic (exact) mass is 341 g/mol. The molecular weight excluding hydrogens is 314 g/mol. The van der Waals surface area contributed by atoms with E-state index in [-0.39, 0.29) is 5.91 Å². The molecule has 2 aromatic heterocycles. The van der Waals surface area contributed by atoms with Crippen LogP contribution in [0.15, 0.2) is 28.9 Å². The molecule has 4 rings (SSSR count). The molecule has 3 atom stereocenters. The van der Waals surface area contributed by atoms with E-state index in [1.165, 1.54) is 12.0 Å². The van der Waals surface area contributed by atoms with Gasteiger partial charge in [0.05, 0.1) is 12.2 Å². The molecule has 1 aliphatic heterocycles. The molecule has 0 spiro atoms. The maximum absolute atomic E-state index is 12.6. The number of hydrogen-bond acceptors (Lipinski definition) is 3. The third kappa shape index (κ3) is 3.65. The predicted molar refractivity (Wildman–Crippen MR) is 95.4 cm³/mol. The number of rotatable bonds is 5. The van der Waals surface area contributed by atoms with E-state index in [4.69, 9.17) is 4.42 Å². The number of hydrogen-bond donors (Lipinski definition) is 0. The van der Waals surface area contributed by atoms with Crippen molar-refractivity contribution >= 4 is 5.91 Å². The first-order valence-corrected chi connectivity index (χ1v) is 9.47. The molecule has 1 aliphatic carbocycles. The van der Waals surface area contributed by atoms with Crippen LogP contribution in [0.1, 0.15) is 61.7 Å². The van der Waals surface area contributed by atoms with E-state index in [1.807, 2.05) is 21.8 Å². The summed E-state index contributed by atoms with van der Waals surface area (Å²) < 4.78 is 7.94. The van der Waals surface area contributed by atoms with Gasteiger partial charge in [-0.3, -0.25) is 9.48 Å². The predicted octanol–water partition coefficient (Wildman–Crippen LogP) is 3.70. The first-order valence-electron chi connectivity index (χ1n) is 9.47. The topological polar surface area (TPSA) is 51.3 Å². The minimum absolute atomic E-state index is 0.228. The number of furan rings is 1. The van der Waals surface area contributed by atoms with Crippen molar-refractivity contribution in [1.29, 1.82) is 0 Å². The van der Waals surface area contributed by atoms with Gasteiger partial charge >= 0.3 is 0 Å². The molecule has 3 heterocycles. The molecule has 0 aromatic carbocycles. The molecule has 0 bridgehead atoms. The summed E-state index contributed by atoms with van der Waals surface area (Å²) in [6.45, 7) is 5.93. The van der Waals surface area contributed by atoms with Gasteiger partial charge in [-0.2, -0.15) is 5.10 Å². The molecule has 1 amide bonds. The first-order chi connectivity index (χ1) is 12.1. The molecule has 0 unspecified atom stereocenters. The lowest BCUT2D eigenvalue weighted by atomic mass is 10.1. The number of amides is 1. The van der Waals surface area contributed by atoms with Crippen molar-refractivity contribution in [3.8, 4) is 0 Å². The molecule has 1 saturated carbocycles. The standard InChI is InChI=1S/C20H27N3O2/c1-14-11-21-23(12-14)16-4-3-9-22(13-16)20(24)8-6-17-5-7-19(25-17)18-10-15(18)2/h5,7,11-12,15-16,18H,3-4,6,8-10,13H2,1-2H3/t15-,16+,18+/m0/s1. The lowest BCUT2D eigenvalue weighted by Gasteiger charge is -2.33. The number of carbonyl (C=O) groups excluding carboxylic acids is 1. The van der Waals surface area contributed by atoms with Crippen LogP contribution in [0, 0.1) is 12.8 Å². The number of nitrogens with zero attached hydrogens (tertiary/aromatic N) is 3. The van der Waals surface area contributed by atoms with Gasteiger partial charge in [0, 0.05) is 38.0 Å². The SMILES string of the molecule is Cc1cnn([C@@H]2CCCN(C(=O)CCc3ccc([C@@H]4C[C@@H]4C)o3)C2)c1. The van der Waals surface area contributed by atoms with Crippen LogP contribution in [0.3, 0.4) is 0 Å². The Morgan fingerprint density at radius 1 is 1.40 bits per heavy atom. The summed E-state index contributed by atoms with van der Waals surface area (Å²) in [5, 5.41) is 4.42. The lowest BCUT2D eigenvalue weighted by molar-refractivity contribution is -0.132. The second-order valence-corrected chi connectivity index (χ2v) is 7.76. The highest BCUT2D eigenvalue weighted by molar-refractivity contribution is 5.76. The Hall–Kier alpha value is -2.04. The van der Waals surface area contributed by atoms with Crippen LogP contribution in [0.2, 0.25) is 0 Å². The molecule has 0 radical (unpaired) electrons. The Balaban J connectivity index is 1.30.